The van der Waals surface area contributed by atoms with Gasteiger partial charge in [0.1, 0.15) is 24.0 Å². The third-order valence-electron chi connectivity index (χ3n) is 5.43. The second kappa shape index (κ2) is 9.08. The summed E-state index contributed by atoms with van der Waals surface area (Å²) in [5, 5.41) is 1.32. The average molecular weight is 445 g/mol. The maximum absolute atomic E-state index is 14.3. The van der Waals surface area contributed by atoms with Crippen LogP contribution in [0, 0.1) is 11.7 Å². The number of carbonyl (C=O) groups is 1. The smallest absolute Gasteiger partial charge is 0.311 e. The molecule has 1 fully saturated rings. The van der Waals surface area contributed by atoms with E-state index in [0.717, 1.165) is 10.9 Å². The Morgan fingerprint density at radius 1 is 1.29 bits per heavy atom. The molecule has 2 N–H and O–H groups in total. The molecule has 4 rings (SSSR count). The van der Waals surface area contributed by atoms with E-state index in [-0.39, 0.29) is 25.1 Å². The molecule has 0 bridgehead atoms. The summed E-state index contributed by atoms with van der Waals surface area (Å²) >= 11 is 6.21. The number of anilines is 1. The number of aromatic nitrogens is 1. The van der Waals surface area contributed by atoms with Crippen LogP contribution in [0.1, 0.15) is 23.5 Å². The van der Waals surface area contributed by atoms with Crippen molar-refractivity contribution in [3.8, 4) is 5.75 Å². The van der Waals surface area contributed by atoms with Crippen molar-refractivity contribution in [2.24, 2.45) is 5.92 Å². The van der Waals surface area contributed by atoms with Gasteiger partial charge in [0, 0.05) is 24.0 Å². The molecule has 2 atom stereocenters. The molecule has 2 heterocycles. The fourth-order valence-electron chi connectivity index (χ4n) is 3.91. The van der Waals surface area contributed by atoms with E-state index in [2.05, 4.69) is 4.98 Å². The Morgan fingerprint density at radius 2 is 2.13 bits per heavy atom. The van der Waals surface area contributed by atoms with Crippen LogP contribution < -0.4 is 10.5 Å². The molecule has 2 aromatic carbocycles. The van der Waals surface area contributed by atoms with E-state index in [0.29, 0.717) is 40.7 Å². The first-order valence-corrected chi connectivity index (χ1v) is 10.3. The minimum atomic E-state index is -0.477. The van der Waals surface area contributed by atoms with Gasteiger partial charge < -0.3 is 19.9 Å². The molecule has 1 aliphatic heterocycles. The van der Waals surface area contributed by atoms with Crippen LogP contribution in [0.4, 0.5) is 10.2 Å². The fraction of sp³-hybridized carbons (Fsp3) is 0.304. The Bertz CT molecular complexity index is 1120. The van der Waals surface area contributed by atoms with Crippen molar-refractivity contribution in [3.05, 3.63) is 64.4 Å². The molecule has 2 unspecified atom stereocenters. The Kier molecular flexibility index (Phi) is 6.25. The zero-order chi connectivity index (χ0) is 22.0. The first kappa shape index (κ1) is 21.3. The molecule has 3 aromatic rings. The number of nitrogens with zero attached hydrogens (tertiary/aromatic N) is 1. The molecule has 8 heteroatoms. The number of hydrogen-bond donors (Lipinski definition) is 1. The van der Waals surface area contributed by atoms with Crippen LogP contribution in [0.5, 0.6) is 5.75 Å². The van der Waals surface area contributed by atoms with Gasteiger partial charge in [-0.1, -0.05) is 23.7 Å². The summed E-state index contributed by atoms with van der Waals surface area (Å²) in [5.74, 6) is -0.754. The summed E-state index contributed by atoms with van der Waals surface area (Å²) in [5.41, 5.74) is 7.96. The van der Waals surface area contributed by atoms with Crippen molar-refractivity contribution in [2.75, 3.05) is 26.1 Å². The normalized spacial score (nSPS) is 18.7. The minimum Gasteiger partial charge on any atom is -0.489 e. The Balaban J connectivity index is 1.55. The van der Waals surface area contributed by atoms with Crippen molar-refractivity contribution < 1.29 is 23.4 Å². The fourth-order valence-corrected chi connectivity index (χ4v) is 4.18. The molecule has 31 heavy (non-hydrogen) atoms. The zero-order valence-corrected chi connectivity index (χ0v) is 17.7. The number of benzene rings is 2. The van der Waals surface area contributed by atoms with Gasteiger partial charge in [-0.3, -0.25) is 4.79 Å². The number of esters is 1. The number of carbonyl (C=O) groups excluding carboxylic acids is 1. The molecule has 6 nitrogen and oxygen atoms in total. The van der Waals surface area contributed by atoms with Crippen LogP contribution in [0.25, 0.3) is 10.9 Å². The lowest BCUT2D eigenvalue weighted by Gasteiger charge is -2.30. The first-order valence-electron chi connectivity index (χ1n) is 9.88. The highest BCUT2D eigenvalue weighted by atomic mass is 35.5. The Hall–Kier alpha value is -2.90. The van der Waals surface area contributed by atoms with Crippen LogP contribution >= 0.6 is 11.6 Å². The molecule has 0 aliphatic carbocycles. The number of fused-ring (bicyclic) bond motifs is 1. The van der Waals surface area contributed by atoms with Gasteiger partial charge in [0.15, 0.2) is 0 Å². The topological polar surface area (TPSA) is 83.7 Å². The van der Waals surface area contributed by atoms with Crippen LogP contribution in [0.3, 0.4) is 0 Å². The van der Waals surface area contributed by atoms with E-state index in [4.69, 9.17) is 31.5 Å². The molecule has 0 radical (unpaired) electrons. The molecule has 1 aromatic heterocycles. The van der Waals surface area contributed by atoms with Gasteiger partial charge >= 0.3 is 5.97 Å². The van der Waals surface area contributed by atoms with Gasteiger partial charge in [-0.15, -0.1) is 0 Å². The van der Waals surface area contributed by atoms with Crippen molar-refractivity contribution in [1.82, 2.24) is 4.98 Å². The maximum atomic E-state index is 14.3. The minimum absolute atomic E-state index is 0.200. The van der Waals surface area contributed by atoms with E-state index in [1.165, 1.54) is 19.2 Å². The zero-order valence-electron chi connectivity index (χ0n) is 16.9. The molecule has 162 valence electrons. The molecule has 1 saturated heterocycles. The summed E-state index contributed by atoms with van der Waals surface area (Å²) in [6.07, 6.45) is 0.598. The predicted octanol–water partition coefficient (Wildman–Crippen LogP) is 4.48. The van der Waals surface area contributed by atoms with Crippen molar-refractivity contribution in [3.63, 3.8) is 0 Å². The lowest BCUT2D eigenvalue weighted by molar-refractivity contribution is -0.151. The van der Waals surface area contributed by atoms with Crippen LogP contribution in [-0.2, 0) is 20.9 Å². The van der Waals surface area contributed by atoms with E-state index in [1.807, 2.05) is 18.2 Å². The Morgan fingerprint density at radius 3 is 2.94 bits per heavy atom. The van der Waals surface area contributed by atoms with Crippen LogP contribution in [0.15, 0.2) is 42.5 Å². The number of pyridine rings is 1. The largest absolute Gasteiger partial charge is 0.489 e. The number of hydrogen-bond acceptors (Lipinski definition) is 6. The van der Waals surface area contributed by atoms with Crippen molar-refractivity contribution in [1.29, 1.82) is 0 Å². The maximum Gasteiger partial charge on any atom is 0.311 e. The summed E-state index contributed by atoms with van der Waals surface area (Å²) < 4.78 is 30.5. The number of ether oxygens (including phenoxy) is 3. The highest BCUT2D eigenvalue weighted by Crippen LogP contribution is 2.35. The quantitative estimate of drug-likeness (QED) is 0.584. The van der Waals surface area contributed by atoms with E-state index in [9.17, 15) is 9.18 Å². The van der Waals surface area contributed by atoms with E-state index >= 15 is 0 Å². The highest BCUT2D eigenvalue weighted by molar-refractivity contribution is 6.35. The van der Waals surface area contributed by atoms with Gasteiger partial charge in [-0.25, -0.2) is 9.37 Å². The second-order valence-corrected chi connectivity index (χ2v) is 7.90. The summed E-state index contributed by atoms with van der Waals surface area (Å²) in [7, 11) is 1.34. The second-order valence-electron chi connectivity index (χ2n) is 7.49. The molecular weight excluding hydrogens is 423 g/mol. The first-order chi connectivity index (χ1) is 14.9. The standard InChI is InChI=1S/C23H22ClFN2O4/c1-29-23(28)19-12-30-5-4-17(19)14-7-15(25)9-16(8-14)31-11-13-2-3-18-20(24)10-22(26)27-21(18)6-13/h2-3,6-10,17,19H,4-5,11-12H2,1H3,(H2,26,27). The van der Waals surface area contributed by atoms with E-state index < -0.39 is 11.7 Å². The van der Waals surface area contributed by atoms with Gasteiger partial charge in [0.25, 0.3) is 0 Å². The molecule has 0 spiro atoms. The Labute approximate surface area is 184 Å². The van der Waals surface area contributed by atoms with Gasteiger partial charge in [0.2, 0.25) is 0 Å². The van der Waals surface area contributed by atoms with Gasteiger partial charge in [0.05, 0.1) is 30.2 Å². The SMILES string of the molecule is COC(=O)C1COCCC1c1cc(F)cc(OCc2ccc3c(Cl)cc(N)nc3c2)c1. The summed E-state index contributed by atoms with van der Waals surface area (Å²) in [6, 6.07) is 11.7. The lowest BCUT2D eigenvalue weighted by Crippen LogP contribution is -2.33. The summed E-state index contributed by atoms with van der Waals surface area (Å²) in [6.45, 7) is 0.960. The molecule has 0 amide bonds. The van der Waals surface area contributed by atoms with Gasteiger partial charge in [-0.2, -0.15) is 0 Å². The average Bonchev–Trinajstić information content (AvgIpc) is 2.76. The summed E-state index contributed by atoms with van der Waals surface area (Å²) in [4.78, 5) is 16.4. The molecule has 0 saturated carbocycles. The monoisotopic (exact) mass is 444 g/mol. The number of nitrogens with two attached hydrogens (primary N) is 1. The predicted molar refractivity (Wildman–Crippen MR) is 116 cm³/mol. The third kappa shape index (κ3) is 4.73. The van der Waals surface area contributed by atoms with Gasteiger partial charge in [-0.05, 0) is 41.8 Å². The lowest BCUT2D eigenvalue weighted by atomic mass is 9.82. The number of rotatable bonds is 5. The van der Waals surface area contributed by atoms with E-state index in [1.54, 1.807) is 12.1 Å². The number of methoxy groups -OCH3 is 1. The third-order valence-corrected chi connectivity index (χ3v) is 5.74. The number of nitrogen functional groups attached to an aromatic ring is 1. The highest BCUT2D eigenvalue weighted by Gasteiger charge is 2.34. The van der Waals surface area contributed by atoms with Crippen LogP contribution in [-0.4, -0.2) is 31.3 Å². The van der Waals surface area contributed by atoms with Crippen molar-refractivity contribution >= 4 is 34.3 Å². The molecule has 1 aliphatic rings. The van der Waals surface area contributed by atoms with Crippen LogP contribution in [0.2, 0.25) is 5.02 Å². The number of halogens is 2. The van der Waals surface area contributed by atoms with Crippen molar-refractivity contribution in [2.45, 2.75) is 18.9 Å². The molecular formula is C23H22ClFN2O4.